The van der Waals surface area contributed by atoms with Crippen molar-refractivity contribution in [2.45, 2.75) is 44.4 Å². The Hall–Kier alpha value is -2.18. The number of aryl methyl sites for hydroxylation is 1. The minimum Gasteiger partial charge on any atom is -0.356 e. The van der Waals surface area contributed by atoms with Crippen molar-refractivity contribution in [3.05, 3.63) is 34.0 Å². The Morgan fingerprint density at radius 3 is 2.91 bits per heavy atom. The molecule has 0 radical (unpaired) electrons. The van der Waals surface area contributed by atoms with E-state index in [1.807, 2.05) is 0 Å². The van der Waals surface area contributed by atoms with Crippen molar-refractivity contribution in [1.29, 1.82) is 0 Å². The van der Waals surface area contributed by atoms with Gasteiger partial charge in [0.05, 0.1) is 0 Å². The summed E-state index contributed by atoms with van der Waals surface area (Å²) in [5.74, 6) is 3.69. The Balaban J connectivity index is 1.54. The number of nitrogens with zero attached hydrogens (tertiary/aromatic N) is 4. The lowest BCUT2D eigenvalue weighted by Gasteiger charge is -2.32. The van der Waals surface area contributed by atoms with Crippen molar-refractivity contribution >= 4 is 5.82 Å². The van der Waals surface area contributed by atoms with Gasteiger partial charge in [0, 0.05) is 31.0 Å². The molecule has 2 fully saturated rings. The van der Waals surface area contributed by atoms with Crippen LogP contribution in [0.15, 0.2) is 15.4 Å². The predicted molar refractivity (Wildman–Crippen MR) is 80.1 cm³/mol. The summed E-state index contributed by atoms with van der Waals surface area (Å²) in [6.45, 7) is 3.48. The summed E-state index contributed by atoms with van der Waals surface area (Å²) in [4.78, 5) is 25.5. The smallest absolute Gasteiger partial charge is 0.252 e. The van der Waals surface area contributed by atoms with Crippen molar-refractivity contribution in [2.24, 2.45) is 0 Å². The van der Waals surface area contributed by atoms with Gasteiger partial charge in [-0.3, -0.25) is 4.79 Å². The van der Waals surface area contributed by atoms with Crippen LogP contribution in [0.5, 0.6) is 0 Å². The Morgan fingerprint density at radius 1 is 1.27 bits per heavy atom. The highest BCUT2D eigenvalue weighted by Crippen LogP contribution is 2.39. The van der Waals surface area contributed by atoms with E-state index in [1.165, 1.54) is 0 Å². The second-order valence-corrected chi connectivity index (χ2v) is 6.24. The van der Waals surface area contributed by atoms with E-state index in [9.17, 15) is 4.79 Å². The minimum absolute atomic E-state index is 0.111. The number of H-pyrrole nitrogens is 1. The number of anilines is 1. The number of hydrogen-bond donors (Lipinski definition) is 1. The highest BCUT2D eigenvalue weighted by atomic mass is 16.5. The zero-order chi connectivity index (χ0) is 15.1. The van der Waals surface area contributed by atoms with Gasteiger partial charge in [-0.2, -0.15) is 4.98 Å². The molecule has 1 N–H and O–H groups in total. The lowest BCUT2D eigenvalue weighted by molar-refractivity contribution is 0.365. The molecular weight excluding hydrogens is 282 g/mol. The van der Waals surface area contributed by atoms with Crippen molar-refractivity contribution in [2.75, 3.05) is 18.0 Å². The molecule has 1 aliphatic carbocycles. The molecule has 0 aromatic carbocycles. The first-order chi connectivity index (χ1) is 10.7. The van der Waals surface area contributed by atoms with Crippen LogP contribution < -0.4 is 10.5 Å². The predicted octanol–water partition coefficient (Wildman–Crippen LogP) is 1.72. The summed E-state index contributed by atoms with van der Waals surface area (Å²) in [6, 6.07) is 1.56. The van der Waals surface area contributed by atoms with Crippen LogP contribution in [-0.2, 0) is 0 Å². The number of hydrogen-bond acceptors (Lipinski definition) is 6. The van der Waals surface area contributed by atoms with Crippen LogP contribution in [0.2, 0.25) is 0 Å². The van der Waals surface area contributed by atoms with Crippen molar-refractivity contribution in [3.8, 4) is 0 Å². The molecule has 7 heteroatoms. The molecule has 1 saturated carbocycles. The third-order valence-corrected chi connectivity index (χ3v) is 4.34. The SMILES string of the molecule is Cc1nc(N2CCCC(c3noc(C4CC4)n3)C2)cc(=O)[nH]1. The summed E-state index contributed by atoms with van der Waals surface area (Å²) in [7, 11) is 0. The van der Waals surface area contributed by atoms with Gasteiger partial charge in [-0.15, -0.1) is 0 Å². The zero-order valence-electron chi connectivity index (χ0n) is 12.6. The molecule has 3 heterocycles. The normalized spacial score (nSPS) is 22.0. The van der Waals surface area contributed by atoms with Crippen molar-refractivity contribution in [1.82, 2.24) is 20.1 Å². The first-order valence-corrected chi connectivity index (χ1v) is 7.85. The standard InChI is InChI=1S/C15H19N5O2/c1-9-16-12(7-13(21)17-9)20-6-2-3-11(8-20)14-18-15(22-19-14)10-4-5-10/h7,10-11H,2-6,8H2,1H3,(H,16,17,21). The van der Waals surface area contributed by atoms with Crippen LogP contribution in [0.25, 0.3) is 0 Å². The number of rotatable bonds is 3. The average Bonchev–Trinajstić information content (AvgIpc) is 3.24. The number of aromatic nitrogens is 4. The molecule has 1 atom stereocenters. The average molecular weight is 301 g/mol. The van der Waals surface area contributed by atoms with Crippen LogP contribution in [0.4, 0.5) is 5.82 Å². The number of nitrogens with one attached hydrogen (secondary N) is 1. The van der Waals surface area contributed by atoms with Crippen LogP contribution in [0.1, 0.15) is 55.1 Å². The van der Waals surface area contributed by atoms with Crippen molar-refractivity contribution < 1.29 is 4.52 Å². The first-order valence-electron chi connectivity index (χ1n) is 7.85. The summed E-state index contributed by atoms with van der Waals surface area (Å²) < 4.78 is 5.37. The first kappa shape index (κ1) is 13.5. The van der Waals surface area contributed by atoms with E-state index >= 15 is 0 Å². The van der Waals surface area contributed by atoms with E-state index in [-0.39, 0.29) is 11.5 Å². The Labute approximate surface area is 127 Å². The molecule has 2 aromatic heterocycles. The largest absolute Gasteiger partial charge is 0.356 e. The molecule has 2 aromatic rings. The van der Waals surface area contributed by atoms with E-state index in [0.29, 0.717) is 11.7 Å². The molecular formula is C15H19N5O2. The molecule has 22 heavy (non-hydrogen) atoms. The van der Waals surface area contributed by atoms with Gasteiger partial charge >= 0.3 is 0 Å². The summed E-state index contributed by atoms with van der Waals surface area (Å²) in [5.41, 5.74) is -0.111. The fraction of sp³-hybridized carbons (Fsp3) is 0.600. The molecule has 2 aliphatic rings. The monoisotopic (exact) mass is 301 g/mol. The molecule has 1 saturated heterocycles. The van der Waals surface area contributed by atoms with Crippen LogP contribution in [0.3, 0.4) is 0 Å². The Bertz CT molecular complexity index is 734. The quantitative estimate of drug-likeness (QED) is 0.928. The Kier molecular flexibility index (Phi) is 3.20. The topological polar surface area (TPSA) is 87.9 Å². The molecule has 1 aliphatic heterocycles. The zero-order valence-corrected chi connectivity index (χ0v) is 12.6. The van der Waals surface area contributed by atoms with E-state index in [2.05, 4.69) is 25.0 Å². The lowest BCUT2D eigenvalue weighted by Crippen LogP contribution is -2.36. The molecule has 0 spiro atoms. The van der Waals surface area contributed by atoms with E-state index in [1.54, 1.807) is 13.0 Å². The van der Waals surface area contributed by atoms with Gasteiger partial charge in [-0.05, 0) is 32.6 Å². The van der Waals surface area contributed by atoms with Crippen LogP contribution in [-0.4, -0.2) is 33.2 Å². The van der Waals surface area contributed by atoms with Gasteiger partial charge in [-0.25, -0.2) is 4.98 Å². The number of piperidine rings is 1. The highest BCUT2D eigenvalue weighted by molar-refractivity contribution is 5.38. The van der Waals surface area contributed by atoms with Crippen LogP contribution >= 0.6 is 0 Å². The van der Waals surface area contributed by atoms with Crippen LogP contribution in [0, 0.1) is 6.92 Å². The van der Waals surface area contributed by atoms with Gasteiger partial charge < -0.3 is 14.4 Å². The molecule has 7 nitrogen and oxygen atoms in total. The van der Waals surface area contributed by atoms with Gasteiger partial charge in [-0.1, -0.05) is 5.16 Å². The summed E-state index contributed by atoms with van der Waals surface area (Å²) in [5, 5.41) is 4.16. The van der Waals surface area contributed by atoms with Crippen molar-refractivity contribution in [3.63, 3.8) is 0 Å². The van der Waals surface area contributed by atoms with Gasteiger partial charge in [0.2, 0.25) is 5.89 Å². The molecule has 116 valence electrons. The lowest BCUT2D eigenvalue weighted by atomic mass is 9.97. The highest BCUT2D eigenvalue weighted by Gasteiger charge is 2.32. The second-order valence-electron chi connectivity index (χ2n) is 6.24. The fourth-order valence-electron chi connectivity index (χ4n) is 3.03. The Morgan fingerprint density at radius 2 is 2.14 bits per heavy atom. The van der Waals surface area contributed by atoms with Gasteiger partial charge in [0.1, 0.15) is 11.6 Å². The molecule has 0 amide bonds. The van der Waals surface area contributed by atoms with Gasteiger partial charge in [0.25, 0.3) is 5.56 Å². The summed E-state index contributed by atoms with van der Waals surface area (Å²) >= 11 is 0. The molecule has 0 bridgehead atoms. The third-order valence-electron chi connectivity index (χ3n) is 4.34. The van der Waals surface area contributed by atoms with Gasteiger partial charge in [0.15, 0.2) is 5.82 Å². The van der Waals surface area contributed by atoms with E-state index in [0.717, 1.165) is 56.3 Å². The molecule has 4 rings (SSSR count). The van der Waals surface area contributed by atoms with E-state index < -0.39 is 0 Å². The maximum atomic E-state index is 11.6. The second kappa shape index (κ2) is 5.23. The minimum atomic E-state index is -0.111. The number of aromatic amines is 1. The fourth-order valence-corrected chi connectivity index (χ4v) is 3.03. The van der Waals surface area contributed by atoms with E-state index in [4.69, 9.17) is 4.52 Å². The maximum Gasteiger partial charge on any atom is 0.252 e. The summed E-state index contributed by atoms with van der Waals surface area (Å²) in [6.07, 6.45) is 4.40. The third kappa shape index (κ3) is 2.63. The maximum absolute atomic E-state index is 11.6. The molecule has 1 unspecified atom stereocenters.